The number of rotatable bonds is 5. The van der Waals surface area contributed by atoms with Crippen LogP contribution in [0.2, 0.25) is 5.02 Å². The Kier molecular flexibility index (Phi) is 5.85. The van der Waals surface area contributed by atoms with Crippen molar-refractivity contribution in [2.75, 3.05) is 18.6 Å². The molecule has 1 aliphatic heterocycles. The molecule has 1 saturated heterocycles. The van der Waals surface area contributed by atoms with Crippen molar-refractivity contribution >= 4 is 33.7 Å². The minimum Gasteiger partial charge on any atom is -0.283 e. The van der Waals surface area contributed by atoms with Crippen LogP contribution in [0, 0.1) is 11.7 Å². The minimum atomic E-state index is -2.96. The molecule has 4 rings (SSSR count). The van der Waals surface area contributed by atoms with E-state index in [2.05, 4.69) is 0 Å². The summed E-state index contributed by atoms with van der Waals surface area (Å²) in [5, 5.41) is 5.46. The molecule has 0 saturated carbocycles. The fraction of sp³-hybridized carbons (Fsp3) is 0.333. The van der Waals surface area contributed by atoms with Gasteiger partial charge in [0.25, 0.3) is 0 Å². The zero-order chi connectivity index (χ0) is 21.5. The summed E-state index contributed by atoms with van der Waals surface area (Å²) in [7, 11) is -1.04. The zero-order valence-electron chi connectivity index (χ0n) is 16.8. The normalized spacial score (nSPS) is 18.2. The van der Waals surface area contributed by atoms with Gasteiger partial charge in [-0.15, -0.1) is 5.10 Å². The fourth-order valence-corrected chi connectivity index (χ4v) is 5.88. The van der Waals surface area contributed by atoms with Crippen LogP contribution in [-0.2, 0) is 16.5 Å². The molecule has 1 aliphatic rings. The van der Waals surface area contributed by atoms with Crippen molar-refractivity contribution in [3.8, 4) is 17.1 Å². The van der Waals surface area contributed by atoms with Crippen molar-refractivity contribution in [2.24, 2.45) is 0 Å². The van der Waals surface area contributed by atoms with Gasteiger partial charge in [0.05, 0.1) is 23.9 Å². The maximum Gasteiger partial charge on any atom is 0.204 e. The Bertz CT molecular complexity index is 1220. The van der Waals surface area contributed by atoms with Gasteiger partial charge in [0.15, 0.2) is 15.7 Å². The summed E-state index contributed by atoms with van der Waals surface area (Å²) in [6.07, 6.45) is 0.634. The molecular weight excluding hydrogens is 440 g/mol. The first-order valence-corrected chi connectivity index (χ1v) is 12.3. The number of aromatic nitrogens is 3. The molecule has 0 N–H and O–H groups in total. The summed E-state index contributed by atoms with van der Waals surface area (Å²) in [4.78, 5) is 2.01. The third-order valence-electron chi connectivity index (χ3n) is 5.42. The average Bonchev–Trinajstić information content (AvgIpc) is 3.23. The molecule has 0 radical (unpaired) electrons. The Hall–Kier alpha value is -2.00. The van der Waals surface area contributed by atoms with Crippen LogP contribution in [0.4, 0.5) is 0 Å². The van der Waals surface area contributed by atoms with Gasteiger partial charge in [-0.2, -0.15) is 0 Å². The summed E-state index contributed by atoms with van der Waals surface area (Å²) in [5.74, 6) is 1.15. The van der Waals surface area contributed by atoms with E-state index in [4.69, 9.17) is 28.9 Å². The number of hydrogen-bond donors (Lipinski definition) is 0. The second kappa shape index (κ2) is 8.26. The molecule has 30 heavy (non-hydrogen) atoms. The second-order valence-electron chi connectivity index (χ2n) is 7.74. The number of aryl methyl sites for hydroxylation is 1. The Morgan fingerprint density at radius 2 is 1.83 bits per heavy atom. The maximum absolute atomic E-state index is 11.9. The number of hydrogen-bond acceptors (Lipinski definition) is 5. The Balaban J connectivity index is 1.75. The summed E-state index contributed by atoms with van der Waals surface area (Å²) < 4.78 is 27.9. The molecule has 0 aliphatic carbocycles. The van der Waals surface area contributed by atoms with Crippen molar-refractivity contribution in [3.05, 3.63) is 63.9 Å². The van der Waals surface area contributed by atoms with E-state index in [0.29, 0.717) is 22.9 Å². The fourth-order valence-electron chi connectivity index (χ4n) is 3.66. The summed E-state index contributed by atoms with van der Waals surface area (Å²) in [6, 6.07) is 15.6. The van der Waals surface area contributed by atoms with E-state index in [1.54, 1.807) is 4.68 Å². The van der Waals surface area contributed by atoms with Gasteiger partial charge < -0.3 is 0 Å². The van der Waals surface area contributed by atoms with Gasteiger partial charge in [-0.1, -0.05) is 41.4 Å². The van der Waals surface area contributed by atoms with Crippen molar-refractivity contribution in [1.82, 2.24) is 19.2 Å². The van der Waals surface area contributed by atoms with Crippen molar-refractivity contribution in [1.29, 1.82) is 0 Å². The number of sulfone groups is 1. The Labute approximate surface area is 186 Å². The highest BCUT2D eigenvalue weighted by atomic mass is 35.5. The van der Waals surface area contributed by atoms with Gasteiger partial charge >= 0.3 is 0 Å². The highest BCUT2D eigenvalue weighted by Crippen LogP contribution is 2.25. The largest absolute Gasteiger partial charge is 0.283 e. The molecule has 2 heterocycles. The van der Waals surface area contributed by atoms with Gasteiger partial charge in [-0.25, -0.2) is 13.1 Å². The Morgan fingerprint density at radius 3 is 2.43 bits per heavy atom. The molecule has 1 aromatic heterocycles. The van der Waals surface area contributed by atoms with Crippen LogP contribution < -0.4 is 0 Å². The topological polar surface area (TPSA) is 60.1 Å². The molecule has 9 heteroatoms. The van der Waals surface area contributed by atoms with Crippen molar-refractivity contribution in [3.63, 3.8) is 0 Å². The first-order chi connectivity index (χ1) is 14.2. The van der Waals surface area contributed by atoms with Crippen LogP contribution >= 0.6 is 23.8 Å². The van der Waals surface area contributed by atoms with E-state index in [1.165, 1.54) is 0 Å². The predicted molar refractivity (Wildman–Crippen MR) is 122 cm³/mol. The summed E-state index contributed by atoms with van der Waals surface area (Å²) in [6.45, 7) is 2.46. The van der Waals surface area contributed by atoms with E-state index in [-0.39, 0.29) is 17.5 Å². The van der Waals surface area contributed by atoms with Crippen molar-refractivity contribution in [2.45, 2.75) is 26.1 Å². The summed E-state index contributed by atoms with van der Waals surface area (Å²) >= 11 is 11.8. The van der Waals surface area contributed by atoms with Gasteiger partial charge in [0.1, 0.15) is 0 Å². The smallest absolute Gasteiger partial charge is 0.204 e. The van der Waals surface area contributed by atoms with Crippen LogP contribution in [0.3, 0.4) is 0 Å². The van der Waals surface area contributed by atoms with Gasteiger partial charge in [0.2, 0.25) is 4.77 Å². The SMILES string of the molecule is Cc1ccc(-c2nn(CN(C)C3CCS(=O)(=O)C3)c(=S)n2-c2ccc(Cl)cc2)cc1. The van der Waals surface area contributed by atoms with Gasteiger partial charge in [-0.05, 0) is 56.9 Å². The molecule has 6 nitrogen and oxygen atoms in total. The van der Waals surface area contributed by atoms with E-state index < -0.39 is 9.84 Å². The molecule has 158 valence electrons. The lowest BCUT2D eigenvalue weighted by Crippen LogP contribution is -2.34. The van der Waals surface area contributed by atoms with Crippen LogP contribution in [0.5, 0.6) is 0 Å². The van der Waals surface area contributed by atoms with Crippen LogP contribution in [0.15, 0.2) is 48.5 Å². The number of benzene rings is 2. The monoisotopic (exact) mass is 462 g/mol. The lowest BCUT2D eigenvalue weighted by Gasteiger charge is -2.22. The predicted octanol–water partition coefficient (Wildman–Crippen LogP) is 4.11. The molecule has 2 aromatic carbocycles. The quantitative estimate of drug-likeness (QED) is 0.534. The van der Waals surface area contributed by atoms with Crippen LogP contribution in [0.25, 0.3) is 17.1 Å². The molecule has 0 spiro atoms. The van der Waals surface area contributed by atoms with E-state index in [9.17, 15) is 8.42 Å². The second-order valence-corrected chi connectivity index (χ2v) is 10.8. The molecule has 0 amide bonds. The van der Waals surface area contributed by atoms with E-state index >= 15 is 0 Å². The minimum absolute atomic E-state index is 0.0274. The van der Waals surface area contributed by atoms with Crippen molar-refractivity contribution < 1.29 is 8.42 Å². The molecule has 0 bridgehead atoms. The number of nitrogens with zero attached hydrogens (tertiary/aromatic N) is 4. The average molecular weight is 463 g/mol. The van der Waals surface area contributed by atoms with Crippen LogP contribution in [-0.4, -0.2) is 52.3 Å². The third-order valence-corrected chi connectivity index (χ3v) is 7.82. The lowest BCUT2D eigenvalue weighted by molar-refractivity contribution is 0.196. The molecule has 1 unspecified atom stereocenters. The molecule has 3 aromatic rings. The maximum atomic E-state index is 11.9. The standard InChI is InChI=1S/C21H23ClN4O2S2/c1-15-3-5-16(6-4-15)20-23-25(14-24(2)19-11-12-30(27,28)13-19)21(29)26(20)18-9-7-17(22)8-10-18/h3-10,19H,11-14H2,1-2H3. The first-order valence-electron chi connectivity index (χ1n) is 9.67. The van der Waals surface area contributed by atoms with Gasteiger partial charge in [-0.3, -0.25) is 9.47 Å². The molecule has 1 atom stereocenters. The Morgan fingerprint density at radius 1 is 1.17 bits per heavy atom. The number of halogens is 1. The molecule has 1 fully saturated rings. The highest BCUT2D eigenvalue weighted by Gasteiger charge is 2.31. The zero-order valence-corrected chi connectivity index (χ0v) is 19.2. The highest BCUT2D eigenvalue weighted by molar-refractivity contribution is 7.91. The third kappa shape index (κ3) is 4.37. The first kappa shape index (κ1) is 21.2. The molecular formula is C21H23ClN4O2S2. The lowest BCUT2D eigenvalue weighted by atomic mass is 10.1. The summed E-state index contributed by atoms with van der Waals surface area (Å²) in [5.41, 5.74) is 2.99. The van der Waals surface area contributed by atoms with Gasteiger partial charge in [0, 0.05) is 16.6 Å². The van der Waals surface area contributed by atoms with Crippen LogP contribution in [0.1, 0.15) is 12.0 Å². The van der Waals surface area contributed by atoms with E-state index in [1.807, 2.05) is 72.0 Å². The van der Waals surface area contributed by atoms with E-state index in [0.717, 1.165) is 22.6 Å².